The van der Waals surface area contributed by atoms with Gasteiger partial charge in [0.05, 0.1) is 7.11 Å². The minimum absolute atomic E-state index is 0.231. The number of hydrogen-bond donors (Lipinski definition) is 1. The van der Waals surface area contributed by atoms with Crippen LogP contribution < -0.4 is 4.74 Å². The molecule has 1 unspecified atom stereocenters. The number of benzene rings is 1. The molecule has 0 bridgehead atoms. The molecule has 20 heavy (non-hydrogen) atoms. The number of methoxy groups -OCH3 is 1. The molecule has 0 spiro atoms. The second kappa shape index (κ2) is 5.13. The second-order valence-electron chi connectivity index (χ2n) is 4.18. The van der Waals surface area contributed by atoms with Crippen molar-refractivity contribution in [1.29, 1.82) is 0 Å². The zero-order chi connectivity index (χ0) is 14.8. The highest BCUT2D eigenvalue weighted by Gasteiger charge is 2.56. The number of rotatable bonds is 3. The van der Waals surface area contributed by atoms with Crippen LogP contribution in [-0.2, 0) is 5.60 Å². The summed E-state index contributed by atoms with van der Waals surface area (Å²) in [6.45, 7) is 0. The van der Waals surface area contributed by atoms with Crippen molar-refractivity contribution in [1.82, 2.24) is 4.98 Å². The average molecular weight is 283 g/mol. The van der Waals surface area contributed by atoms with Crippen LogP contribution in [0.15, 0.2) is 48.8 Å². The van der Waals surface area contributed by atoms with E-state index in [2.05, 4.69) is 4.98 Å². The molecule has 0 saturated carbocycles. The molecule has 1 atom stereocenters. The SMILES string of the molecule is COc1cccc(C(O)(c2cccnc2)C(F)(F)F)c1. The Morgan fingerprint density at radius 2 is 1.80 bits per heavy atom. The fraction of sp³-hybridized carbons (Fsp3) is 0.214. The molecule has 0 radical (unpaired) electrons. The lowest BCUT2D eigenvalue weighted by molar-refractivity contribution is -0.248. The highest BCUT2D eigenvalue weighted by molar-refractivity contribution is 5.40. The monoisotopic (exact) mass is 283 g/mol. The van der Waals surface area contributed by atoms with Gasteiger partial charge in [0.2, 0.25) is 5.60 Å². The lowest BCUT2D eigenvalue weighted by Crippen LogP contribution is -2.43. The number of halogens is 3. The summed E-state index contributed by atoms with van der Waals surface area (Å²) in [5.74, 6) is 0.231. The van der Waals surface area contributed by atoms with Crippen molar-refractivity contribution in [3.8, 4) is 5.75 Å². The van der Waals surface area contributed by atoms with E-state index in [4.69, 9.17) is 4.74 Å². The van der Waals surface area contributed by atoms with Crippen molar-refractivity contribution in [3.05, 3.63) is 59.9 Å². The van der Waals surface area contributed by atoms with Crippen LogP contribution in [0.4, 0.5) is 13.2 Å². The van der Waals surface area contributed by atoms with E-state index < -0.39 is 11.8 Å². The van der Waals surface area contributed by atoms with Gasteiger partial charge in [-0.25, -0.2) is 0 Å². The molecule has 0 saturated heterocycles. The molecule has 0 fully saturated rings. The number of ether oxygens (including phenoxy) is 1. The third-order valence-electron chi connectivity index (χ3n) is 2.98. The molecule has 1 N–H and O–H groups in total. The minimum Gasteiger partial charge on any atom is -0.497 e. The zero-order valence-corrected chi connectivity index (χ0v) is 10.6. The van der Waals surface area contributed by atoms with Crippen molar-refractivity contribution >= 4 is 0 Å². The summed E-state index contributed by atoms with van der Waals surface area (Å²) in [4.78, 5) is 3.64. The molecule has 0 aliphatic carbocycles. The van der Waals surface area contributed by atoms with Gasteiger partial charge in [-0.3, -0.25) is 4.98 Å². The van der Waals surface area contributed by atoms with Gasteiger partial charge in [-0.2, -0.15) is 13.2 Å². The van der Waals surface area contributed by atoms with Gasteiger partial charge in [-0.1, -0.05) is 18.2 Å². The second-order valence-corrected chi connectivity index (χ2v) is 4.18. The van der Waals surface area contributed by atoms with Gasteiger partial charge in [-0.15, -0.1) is 0 Å². The quantitative estimate of drug-likeness (QED) is 0.941. The summed E-state index contributed by atoms with van der Waals surface area (Å²) in [7, 11) is 1.34. The summed E-state index contributed by atoms with van der Waals surface area (Å²) in [6.07, 6.45) is -2.55. The Hall–Kier alpha value is -2.08. The van der Waals surface area contributed by atoms with Crippen LogP contribution in [0.3, 0.4) is 0 Å². The Balaban J connectivity index is 2.64. The standard InChI is InChI=1S/C14H12F3NO2/c1-20-12-6-2-4-10(8-12)13(19,14(15,16)17)11-5-3-7-18-9-11/h2-9,19H,1H3. The maximum absolute atomic E-state index is 13.4. The van der Waals surface area contributed by atoms with Crippen LogP contribution >= 0.6 is 0 Å². The van der Waals surface area contributed by atoms with E-state index in [9.17, 15) is 18.3 Å². The summed E-state index contributed by atoms with van der Waals surface area (Å²) >= 11 is 0. The van der Waals surface area contributed by atoms with Gasteiger partial charge in [-0.05, 0) is 18.2 Å². The van der Waals surface area contributed by atoms with Crippen molar-refractivity contribution in [2.45, 2.75) is 11.8 Å². The Labute approximate surface area is 113 Å². The van der Waals surface area contributed by atoms with E-state index in [0.29, 0.717) is 0 Å². The number of aliphatic hydroxyl groups is 1. The van der Waals surface area contributed by atoms with Gasteiger partial charge >= 0.3 is 6.18 Å². The predicted octanol–water partition coefficient (Wildman–Crippen LogP) is 2.89. The lowest BCUT2D eigenvalue weighted by Gasteiger charge is -2.31. The maximum Gasteiger partial charge on any atom is 0.425 e. The maximum atomic E-state index is 13.4. The molecule has 1 heterocycles. The summed E-state index contributed by atoms with van der Waals surface area (Å²) < 4.78 is 45.1. The van der Waals surface area contributed by atoms with Crippen molar-refractivity contribution in [2.24, 2.45) is 0 Å². The minimum atomic E-state index is -4.89. The molecule has 0 aliphatic rings. The van der Waals surface area contributed by atoms with E-state index in [-0.39, 0.29) is 16.9 Å². The first-order valence-electron chi connectivity index (χ1n) is 5.73. The smallest absolute Gasteiger partial charge is 0.425 e. The third-order valence-corrected chi connectivity index (χ3v) is 2.98. The first kappa shape index (κ1) is 14.3. The Morgan fingerprint density at radius 3 is 2.35 bits per heavy atom. The summed E-state index contributed by atoms with van der Waals surface area (Å²) in [6, 6.07) is 7.76. The van der Waals surface area contributed by atoms with Crippen LogP contribution in [-0.4, -0.2) is 23.4 Å². The fourth-order valence-corrected chi connectivity index (χ4v) is 1.92. The number of hydrogen-bond acceptors (Lipinski definition) is 3. The van der Waals surface area contributed by atoms with Gasteiger partial charge in [0.1, 0.15) is 5.75 Å². The Kier molecular flexibility index (Phi) is 3.67. The first-order chi connectivity index (χ1) is 9.39. The van der Waals surface area contributed by atoms with Crippen molar-refractivity contribution in [2.75, 3.05) is 7.11 Å². The topological polar surface area (TPSA) is 42.4 Å². The lowest BCUT2D eigenvalue weighted by atomic mass is 9.86. The number of nitrogens with zero attached hydrogens (tertiary/aromatic N) is 1. The van der Waals surface area contributed by atoms with E-state index in [1.165, 1.54) is 43.6 Å². The molecule has 1 aromatic carbocycles. The van der Waals surface area contributed by atoms with Crippen LogP contribution in [0.1, 0.15) is 11.1 Å². The molecule has 2 aromatic rings. The fourth-order valence-electron chi connectivity index (χ4n) is 1.92. The van der Waals surface area contributed by atoms with Crippen LogP contribution in [0.2, 0.25) is 0 Å². The Morgan fingerprint density at radius 1 is 1.10 bits per heavy atom. The largest absolute Gasteiger partial charge is 0.497 e. The third kappa shape index (κ3) is 2.34. The van der Waals surface area contributed by atoms with Crippen LogP contribution in [0.25, 0.3) is 0 Å². The number of pyridine rings is 1. The van der Waals surface area contributed by atoms with Crippen LogP contribution in [0.5, 0.6) is 5.75 Å². The normalized spacial score (nSPS) is 14.7. The van der Waals surface area contributed by atoms with E-state index in [0.717, 1.165) is 12.3 Å². The number of aromatic nitrogens is 1. The van der Waals surface area contributed by atoms with Crippen molar-refractivity contribution in [3.63, 3.8) is 0 Å². The molecular weight excluding hydrogens is 271 g/mol. The van der Waals surface area contributed by atoms with E-state index in [1.54, 1.807) is 0 Å². The first-order valence-corrected chi connectivity index (χ1v) is 5.73. The predicted molar refractivity (Wildman–Crippen MR) is 66.3 cm³/mol. The Bertz CT molecular complexity index is 586. The molecule has 106 valence electrons. The molecular formula is C14H12F3NO2. The molecule has 2 rings (SSSR count). The van der Waals surface area contributed by atoms with Crippen LogP contribution in [0, 0.1) is 0 Å². The average Bonchev–Trinajstić information content (AvgIpc) is 2.46. The molecule has 0 amide bonds. The van der Waals surface area contributed by atoms with Gasteiger partial charge < -0.3 is 9.84 Å². The molecule has 6 heteroatoms. The molecule has 3 nitrogen and oxygen atoms in total. The van der Waals surface area contributed by atoms with Gasteiger partial charge in [0.25, 0.3) is 0 Å². The van der Waals surface area contributed by atoms with E-state index >= 15 is 0 Å². The molecule has 1 aromatic heterocycles. The summed E-state index contributed by atoms with van der Waals surface area (Å²) in [5, 5.41) is 10.3. The molecule has 0 aliphatic heterocycles. The highest BCUT2D eigenvalue weighted by atomic mass is 19.4. The van der Waals surface area contributed by atoms with E-state index in [1.807, 2.05) is 0 Å². The number of alkyl halides is 3. The highest BCUT2D eigenvalue weighted by Crippen LogP contribution is 2.44. The van der Waals surface area contributed by atoms with Gasteiger partial charge in [0, 0.05) is 23.5 Å². The zero-order valence-electron chi connectivity index (χ0n) is 10.6. The van der Waals surface area contributed by atoms with Crippen molar-refractivity contribution < 1.29 is 23.0 Å². The van der Waals surface area contributed by atoms with Gasteiger partial charge in [0.15, 0.2) is 0 Å². The summed E-state index contributed by atoms with van der Waals surface area (Å²) in [5.41, 5.74) is -3.80.